The molecule has 0 saturated heterocycles. The molecular weight excluding hydrogens is 413 g/mol. The Morgan fingerprint density at radius 1 is 1.26 bits per heavy atom. The molecule has 1 unspecified atom stereocenters. The molecule has 0 amide bonds. The quantitative estimate of drug-likeness (QED) is 0.441. The molecule has 1 atom stereocenters. The van der Waals surface area contributed by atoms with Crippen molar-refractivity contribution in [2.45, 2.75) is 19.5 Å². The highest BCUT2D eigenvalue weighted by molar-refractivity contribution is 14.0. The van der Waals surface area contributed by atoms with E-state index in [1.807, 2.05) is 36.9 Å². The first-order valence-electron chi connectivity index (χ1n) is 7.03. The summed E-state index contributed by atoms with van der Waals surface area (Å²) in [6.07, 6.45) is 1.97. The lowest BCUT2D eigenvalue weighted by molar-refractivity contribution is 0.504. The van der Waals surface area contributed by atoms with Gasteiger partial charge < -0.3 is 15.2 Å². The molecule has 0 saturated carbocycles. The van der Waals surface area contributed by atoms with E-state index in [0.29, 0.717) is 18.1 Å². The van der Waals surface area contributed by atoms with E-state index >= 15 is 0 Å². The Bertz CT molecular complexity index is 670. The molecular formula is C16H21F2IN4. The number of rotatable bonds is 4. The van der Waals surface area contributed by atoms with Crippen LogP contribution in [0.1, 0.15) is 24.2 Å². The van der Waals surface area contributed by atoms with Crippen molar-refractivity contribution < 1.29 is 8.78 Å². The first-order valence-corrected chi connectivity index (χ1v) is 7.03. The van der Waals surface area contributed by atoms with Crippen LogP contribution in [0, 0.1) is 11.6 Å². The van der Waals surface area contributed by atoms with Crippen molar-refractivity contribution >= 4 is 29.9 Å². The van der Waals surface area contributed by atoms with Crippen LogP contribution in [0.4, 0.5) is 8.78 Å². The van der Waals surface area contributed by atoms with Crippen molar-refractivity contribution in [3.05, 3.63) is 59.4 Å². The van der Waals surface area contributed by atoms with Gasteiger partial charge in [-0.15, -0.1) is 24.0 Å². The largest absolute Gasteiger partial charge is 0.353 e. The fourth-order valence-electron chi connectivity index (χ4n) is 2.12. The highest BCUT2D eigenvalue weighted by Crippen LogP contribution is 2.15. The SMILES string of the molecule is CN=C(NCc1cccn1C)NC(C)c1ccc(F)c(F)c1.I. The van der Waals surface area contributed by atoms with Crippen LogP contribution in [0.2, 0.25) is 0 Å². The monoisotopic (exact) mass is 434 g/mol. The topological polar surface area (TPSA) is 41.4 Å². The molecule has 1 aromatic carbocycles. The van der Waals surface area contributed by atoms with Crippen molar-refractivity contribution in [3.8, 4) is 0 Å². The van der Waals surface area contributed by atoms with Crippen molar-refractivity contribution in [1.82, 2.24) is 15.2 Å². The molecule has 0 aliphatic carbocycles. The molecule has 7 heteroatoms. The number of aliphatic imine (C=N–C) groups is 1. The van der Waals surface area contributed by atoms with E-state index < -0.39 is 11.6 Å². The Morgan fingerprint density at radius 2 is 2.00 bits per heavy atom. The Morgan fingerprint density at radius 3 is 2.57 bits per heavy atom. The maximum Gasteiger partial charge on any atom is 0.191 e. The summed E-state index contributed by atoms with van der Waals surface area (Å²) in [4.78, 5) is 4.14. The van der Waals surface area contributed by atoms with Gasteiger partial charge in [0.2, 0.25) is 0 Å². The number of benzene rings is 1. The molecule has 2 rings (SSSR count). The Hall–Kier alpha value is -1.64. The first-order chi connectivity index (χ1) is 10.5. The van der Waals surface area contributed by atoms with E-state index in [9.17, 15) is 8.78 Å². The highest BCUT2D eigenvalue weighted by Gasteiger charge is 2.11. The van der Waals surface area contributed by atoms with Crippen LogP contribution in [0.25, 0.3) is 0 Å². The van der Waals surface area contributed by atoms with Gasteiger partial charge in [-0.3, -0.25) is 4.99 Å². The Labute approximate surface area is 152 Å². The summed E-state index contributed by atoms with van der Waals surface area (Å²) in [5.41, 5.74) is 1.77. The number of aryl methyl sites for hydroxylation is 1. The third kappa shape index (κ3) is 5.19. The summed E-state index contributed by atoms with van der Waals surface area (Å²) in [6.45, 7) is 2.48. The minimum atomic E-state index is -0.849. The van der Waals surface area contributed by atoms with E-state index in [1.54, 1.807) is 13.1 Å². The van der Waals surface area contributed by atoms with Gasteiger partial charge in [-0.2, -0.15) is 0 Å². The van der Waals surface area contributed by atoms with E-state index in [-0.39, 0.29) is 30.0 Å². The standard InChI is InChI=1S/C16H20F2N4.HI/c1-11(12-6-7-14(17)15(18)9-12)21-16(19-2)20-10-13-5-4-8-22(13)3;/h4-9,11H,10H2,1-3H3,(H2,19,20,21);1H. The van der Waals surface area contributed by atoms with Crippen LogP contribution >= 0.6 is 24.0 Å². The summed E-state index contributed by atoms with van der Waals surface area (Å²) < 4.78 is 28.3. The van der Waals surface area contributed by atoms with E-state index in [0.717, 1.165) is 11.8 Å². The molecule has 0 aliphatic heterocycles. The van der Waals surface area contributed by atoms with Crippen LogP contribution in [-0.2, 0) is 13.6 Å². The third-order valence-corrected chi connectivity index (χ3v) is 3.51. The smallest absolute Gasteiger partial charge is 0.191 e. The zero-order valence-corrected chi connectivity index (χ0v) is 15.6. The average Bonchev–Trinajstić information content (AvgIpc) is 2.91. The van der Waals surface area contributed by atoms with Crippen LogP contribution in [-0.4, -0.2) is 17.6 Å². The van der Waals surface area contributed by atoms with Gasteiger partial charge in [-0.1, -0.05) is 6.07 Å². The molecule has 0 bridgehead atoms. The lowest BCUT2D eigenvalue weighted by Gasteiger charge is -2.18. The van der Waals surface area contributed by atoms with E-state index in [1.165, 1.54) is 6.07 Å². The van der Waals surface area contributed by atoms with E-state index in [4.69, 9.17) is 0 Å². The fourth-order valence-corrected chi connectivity index (χ4v) is 2.12. The molecule has 0 fully saturated rings. The maximum atomic E-state index is 13.3. The van der Waals surface area contributed by atoms with E-state index in [2.05, 4.69) is 15.6 Å². The molecule has 0 radical (unpaired) electrons. The lowest BCUT2D eigenvalue weighted by Crippen LogP contribution is -2.38. The number of nitrogens with one attached hydrogen (secondary N) is 2. The average molecular weight is 434 g/mol. The van der Waals surface area contributed by atoms with Crippen molar-refractivity contribution in [1.29, 1.82) is 0 Å². The molecule has 2 N–H and O–H groups in total. The molecule has 23 heavy (non-hydrogen) atoms. The summed E-state index contributed by atoms with van der Waals surface area (Å²) in [6, 6.07) is 7.66. The minimum Gasteiger partial charge on any atom is -0.353 e. The van der Waals surface area contributed by atoms with Gasteiger partial charge >= 0.3 is 0 Å². The van der Waals surface area contributed by atoms with Gasteiger partial charge in [0.1, 0.15) is 0 Å². The first kappa shape index (κ1) is 19.4. The van der Waals surface area contributed by atoms with Crippen LogP contribution in [0.5, 0.6) is 0 Å². The normalized spacial score (nSPS) is 12.5. The number of hydrogen-bond donors (Lipinski definition) is 2. The van der Waals surface area contributed by atoms with Crippen molar-refractivity contribution in [2.24, 2.45) is 12.0 Å². The Kier molecular flexibility index (Phi) is 7.47. The summed E-state index contributed by atoms with van der Waals surface area (Å²) in [5.74, 6) is -1.10. The second kappa shape index (κ2) is 8.85. The molecule has 0 spiro atoms. The maximum absolute atomic E-state index is 13.3. The zero-order valence-electron chi connectivity index (χ0n) is 13.3. The predicted molar refractivity (Wildman–Crippen MR) is 98.9 cm³/mol. The van der Waals surface area contributed by atoms with Gasteiger partial charge in [-0.05, 0) is 36.8 Å². The van der Waals surface area contributed by atoms with Crippen LogP contribution in [0.15, 0.2) is 41.5 Å². The molecule has 2 aromatic rings. The molecule has 1 aromatic heterocycles. The number of hydrogen-bond acceptors (Lipinski definition) is 1. The number of halogens is 3. The minimum absolute atomic E-state index is 0. The second-order valence-electron chi connectivity index (χ2n) is 5.08. The van der Waals surface area contributed by atoms with Gasteiger partial charge in [0.25, 0.3) is 0 Å². The number of nitrogens with zero attached hydrogens (tertiary/aromatic N) is 2. The van der Waals surface area contributed by atoms with Crippen molar-refractivity contribution in [2.75, 3.05) is 7.05 Å². The lowest BCUT2D eigenvalue weighted by atomic mass is 10.1. The van der Waals surface area contributed by atoms with Gasteiger partial charge in [-0.25, -0.2) is 8.78 Å². The fraction of sp³-hybridized carbons (Fsp3) is 0.312. The van der Waals surface area contributed by atoms with Gasteiger partial charge in [0.15, 0.2) is 17.6 Å². The van der Waals surface area contributed by atoms with Gasteiger partial charge in [0, 0.05) is 26.0 Å². The van der Waals surface area contributed by atoms with Crippen molar-refractivity contribution in [3.63, 3.8) is 0 Å². The van der Waals surface area contributed by atoms with Crippen LogP contribution in [0.3, 0.4) is 0 Å². The summed E-state index contributed by atoms with van der Waals surface area (Å²) in [5, 5.41) is 6.34. The number of guanidine groups is 1. The Balaban J connectivity index is 0.00000264. The molecule has 126 valence electrons. The second-order valence-corrected chi connectivity index (χ2v) is 5.08. The predicted octanol–water partition coefficient (Wildman–Crippen LogP) is 3.35. The third-order valence-electron chi connectivity index (χ3n) is 3.51. The summed E-state index contributed by atoms with van der Waals surface area (Å²) in [7, 11) is 3.63. The molecule has 0 aliphatic rings. The number of aromatic nitrogens is 1. The summed E-state index contributed by atoms with van der Waals surface area (Å²) >= 11 is 0. The van der Waals surface area contributed by atoms with Gasteiger partial charge in [0.05, 0.1) is 12.6 Å². The highest BCUT2D eigenvalue weighted by atomic mass is 127. The molecule has 1 heterocycles. The molecule has 4 nitrogen and oxygen atoms in total. The zero-order chi connectivity index (χ0) is 16.1. The van der Waals surface area contributed by atoms with Crippen LogP contribution < -0.4 is 10.6 Å².